The lowest BCUT2D eigenvalue weighted by Gasteiger charge is -2.04. The van der Waals surface area contributed by atoms with Gasteiger partial charge in [0.2, 0.25) is 5.90 Å². The van der Waals surface area contributed by atoms with Crippen LogP contribution in [0.15, 0.2) is 34.3 Å². The van der Waals surface area contributed by atoms with Gasteiger partial charge in [0.15, 0.2) is 0 Å². The van der Waals surface area contributed by atoms with Gasteiger partial charge < -0.3 is 4.74 Å². The maximum Gasteiger partial charge on any atom is 0.370 e. The highest BCUT2D eigenvalue weighted by atomic mass is 16.5. The highest BCUT2D eigenvalue weighted by Crippen LogP contribution is 2.10. The zero-order valence-corrected chi connectivity index (χ0v) is 9.23. The van der Waals surface area contributed by atoms with Gasteiger partial charge in [-0.25, -0.2) is 4.79 Å². The van der Waals surface area contributed by atoms with Crippen LogP contribution in [0.4, 0.5) is 4.79 Å². The Balaban J connectivity index is 2.20. The number of carbonyl (C=O) groups excluding carboxylic acids is 1. The van der Waals surface area contributed by atoms with Crippen LogP contribution in [0.2, 0.25) is 0 Å². The minimum atomic E-state index is -0.487. The average Bonchev–Trinajstić information content (AvgIpc) is 2.59. The predicted molar refractivity (Wildman–Crippen MR) is 62.2 cm³/mol. The molecule has 0 N–H and O–H groups in total. The first-order valence-corrected chi connectivity index (χ1v) is 4.99. The van der Waals surface area contributed by atoms with Gasteiger partial charge in [-0.3, -0.25) is 0 Å². The third-order valence-electron chi connectivity index (χ3n) is 2.32. The summed E-state index contributed by atoms with van der Waals surface area (Å²) in [5.41, 5.74) is 2.87. The number of urea groups is 1. The van der Waals surface area contributed by atoms with Gasteiger partial charge in [-0.1, -0.05) is 29.8 Å². The van der Waals surface area contributed by atoms with Crippen LogP contribution >= 0.6 is 0 Å². The summed E-state index contributed by atoms with van der Waals surface area (Å²) >= 11 is 0. The second-order valence-electron chi connectivity index (χ2n) is 3.63. The molecule has 1 aromatic carbocycles. The summed E-state index contributed by atoms with van der Waals surface area (Å²) in [6, 6.07) is 7.56. The van der Waals surface area contributed by atoms with Crippen molar-refractivity contribution in [1.29, 1.82) is 0 Å². The van der Waals surface area contributed by atoms with Crippen molar-refractivity contribution in [3.05, 3.63) is 35.4 Å². The standard InChI is InChI=1S/C12H12N2O2/c1-8-4-3-5-9(6-8)7-10-11(16-2)14-12(15)13-10/h3-6H,7H2,1-2H3. The van der Waals surface area contributed by atoms with E-state index in [1.54, 1.807) is 0 Å². The molecule has 0 unspecified atom stereocenters. The number of aryl methyl sites for hydroxylation is 1. The maximum atomic E-state index is 11.0. The number of carbonyl (C=O) groups is 1. The lowest BCUT2D eigenvalue weighted by molar-refractivity contribution is 0.257. The fourth-order valence-electron chi connectivity index (χ4n) is 1.63. The number of aliphatic imine (C=N–C) groups is 2. The van der Waals surface area contributed by atoms with Gasteiger partial charge in [-0.05, 0) is 12.5 Å². The molecular weight excluding hydrogens is 204 g/mol. The van der Waals surface area contributed by atoms with E-state index in [0.717, 1.165) is 5.56 Å². The molecule has 0 saturated heterocycles. The first-order chi connectivity index (χ1) is 7.69. The fourth-order valence-corrected chi connectivity index (χ4v) is 1.63. The summed E-state index contributed by atoms with van der Waals surface area (Å²) in [5.74, 6) is 0.325. The Morgan fingerprint density at radius 1 is 1.31 bits per heavy atom. The number of hydrogen-bond acceptors (Lipinski definition) is 2. The van der Waals surface area contributed by atoms with Gasteiger partial charge in [0.1, 0.15) is 5.71 Å². The number of benzene rings is 1. The van der Waals surface area contributed by atoms with Crippen molar-refractivity contribution in [3.8, 4) is 0 Å². The van der Waals surface area contributed by atoms with E-state index in [9.17, 15) is 4.79 Å². The van der Waals surface area contributed by atoms with Crippen LogP contribution in [0.25, 0.3) is 0 Å². The molecule has 0 atom stereocenters. The van der Waals surface area contributed by atoms with Crippen LogP contribution in [0.3, 0.4) is 0 Å². The van der Waals surface area contributed by atoms with E-state index in [1.165, 1.54) is 12.7 Å². The summed E-state index contributed by atoms with van der Waals surface area (Å²) in [4.78, 5) is 18.5. The van der Waals surface area contributed by atoms with E-state index in [1.807, 2.05) is 25.1 Å². The van der Waals surface area contributed by atoms with Crippen LogP contribution in [0.1, 0.15) is 11.1 Å². The minimum Gasteiger partial charge on any atom is -0.480 e. The zero-order chi connectivity index (χ0) is 11.5. The van der Waals surface area contributed by atoms with Crippen molar-refractivity contribution in [2.24, 2.45) is 9.98 Å². The van der Waals surface area contributed by atoms with Crippen LogP contribution < -0.4 is 0 Å². The number of hydrogen-bond donors (Lipinski definition) is 0. The van der Waals surface area contributed by atoms with E-state index in [4.69, 9.17) is 4.74 Å². The van der Waals surface area contributed by atoms with Gasteiger partial charge in [0, 0.05) is 6.42 Å². The Kier molecular flexibility index (Phi) is 2.81. The van der Waals surface area contributed by atoms with Gasteiger partial charge in [-0.15, -0.1) is 0 Å². The summed E-state index contributed by atoms with van der Waals surface area (Å²) < 4.78 is 4.99. The van der Waals surface area contributed by atoms with Gasteiger partial charge in [0.25, 0.3) is 0 Å². The molecule has 0 spiro atoms. The Morgan fingerprint density at radius 3 is 2.81 bits per heavy atom. The second-order valence-corrected chi connectivity index (χ2v) is 3.63. The molecule has 0 radical (unpaired) electrons. The molecular formula is C12H12N2O2. The highest BCUT2D eigenvalue weighted by Gasteiger charge is 2.20. The molecule has 1 aliphatic heterocycles. The average molecular weight is 216 g/mol. The number of ether oxygens (including phenoxy) is 1. The third-order valence-corrected chi connectivity index (χ3v) is 2.32. The number of rotatable bonds is 2. The second kappa shape index (κ2) is 4.26. The summed E-state index contributed by atoms with van der Waals surface area (Å²) in [7, 11) is 1.49. The van der Waals surface area contributed by atoms with E-state index in [0.29, 0.717) is 18.0 Å². The normalized spacial score (nSPS) is 14.8. The van der Waals surface area contributed by atoms with E-state index < -0.39 is 6.03 Å². The minimum absolute atomic E-state index is 0.325. The Hall–Kier alpha value is -1.97. The van der Waals surface area contributed by atoms with E-state index in [-0.39, 0.29) is 0 Å². The SMILES string of the molecule is COC1=NC(=O)N=C1Cc1cccc(C)c1. The van der Waals surface area contributed by atoms with Crippen molar-refractivity contribution in [1.82, 2.24) is 0 Å². The van der Waals surface area contributed by atoms with Crippen LogP contribution in [-0.2, 0) is 11.2 Å². The van der Waals surface area contributed by atoms with Crippen LogP contribution in [-0.4, -0.2) is 24.8 Å². The Morgan fingerprint density at radius 2 is 2.12 bits per heavy atom. The topological polar surface area (TPSA) is 51.0 Å². The molecule has 4 heteroatoms. The summed E-state index contributed by atoms with van der Waals surface area (Å²) in [6.07, 6.45) is 0.570. The lowest BCUT2D eigenvalue weighted by Crippen LogP contribution is -2.15. The van der Waals surface area contributed by atoms with Gasteiger partial charge in [0.05, 0.1) is 7.11 Å². The van der Waals surface area contributed by atoms with Crippen molar-refractivity contribution in [2.45, 2.75) is 13.3 Å². The summed E-state index contributed by atoms with van der Waals surface area (Å²) in [6.45, 7) is 2.02. The number of methoxy groups -OCH3 is 1. The molecule has 2 amide bonds. The molecule has 0 saturated carbocycles. The molecule has 0 bridgehead atoms. The summed E-state index contributed by atoms with van der Waals surface area (Å²) in [5, 5.41) is 0. The van der Waals surface area contributed by atoms with Crippen LogP contribution in [0, 0.1) is 6.92 Å². The Bertz CT molecular complexity index is 490. The number of nitrogens with zero attached hydrogens (tertiary/aromatic N) is 2. The van der Waals surface area contributed by atoms with Crippen LogP contribution in [0.5, 0.6) is 0 Å². The fraction of sp³-hybridized carbons (Fsp3) is 0.250. The Labute approximate surface area is 93.7 Å². The zero-order valence-electron chi connectivity index (χ0n) is 9.23. The van der Waals surface area contributed by atoms with E-state index >= 15 is 0 Å². The molecule has 82 valence electrons. The largest absolute Gasteiger partial charge is 0.480 e. The van der Waals surface area contributed by atoms with Gasteiger partial charge in [-0.2, -0.15) is 9.98 Å². The monoisotopic (exact) mass is 216 g/mol. The third kappa shape index (κ3) is 2.16. The van der Waals surface area contributed by atoms with E-state index in [2.05, 4.69) is 16.1 Å². The van der Waals surface area contributed by atoms with Crippen molar-refractivity contribution in [3.63, 3.8) is 0 Å². The maximum absolute atomic E-state index is 11.0. The predicted octanol–water partition coefficient (Wildman–Crippen LogP) is 2.16. The quantitative estimate of drug-likeness (QED) is 0.760. The highest BCUT2D eigenvalue weighted by molar-refractivity contribution is 6.45. The van der Waals surface area contributed by atoms with Crippen molar-refractivity contribution in [2.75, 3.05) is 7.11 Å². The molecule has 4 nitrogen and oxygen atoms in total. The molecule has 2 rings (SSSR count). The molecule has 0 fully saturated rings. The molecule has 0 aromatic heterocycles. The molecule has 1 aromatic rings. The first kappa shape index (κ1) is 10.5. The molecule has 0 aliphatic carbocycles. The lowest BCUT2D eigenvalue weighted by atomic mass is 10.1. The first-order valence-electron chi connectivity index (χ1n) is 4.99. The van der Waals surface area contributed by atoms with Crippen molar-refractivity contribution < 1.29 is 9.53 Å². The molecule has 1 aliphatic rings. The molecule has 1 heterocycles. The van der Waals surface area contributed by atoms with Crippen molar-refractivity contribution >= 4 is 17.6 Å². The number of amides is 2. The smallest absolute Gasteiger partial charge is 0.370 e. The van der Waals surface area contributed by atoms with Gasteiger partial charge >= 0.3 is 6.03 Å². The molecule has 16 heavy (non-hydrogen) atoms.